The molecule has 16 nitrogen and oxygen atoms in total. The van der Waals surface area contributed by atoms with E-state index in [0.717, 1.165) is 57.4 Å². The molecular formula is C52H72N8O8. The van der Waals surface area contributed by atoms with Crippen molar-refractivity contribution in [3.05, 3.63) is 58.9 Å². The fourth-order valence-electron chi connectivity index (χ4n) is 10.3. The van der Waals surface area contributed by atoms with E-state index in [1.807, 2.05) is 53.0 Å². The number of aryl methyl sites for hydroxylation is 1. The van der Waals surface area contributed by atoms with Gasteiger partial charge in [0.1, 0.15) is 29.9 Å². The van der Waals surface area contributed by atoms with Crippen LogP contribution in [0.2, 0.25) is 0 Å². The highest BCUT2D eigenvalue weighted by Crippen LogP contribution is 2.42. The van der Waals surface area contributed by atoms with Crippen LogP contribution in [-0.4, -0.2) is 138 Å². The zero-order chi connectivity index (χ0) is 49.4. The molecule has 0 saturated carbocycles. The third-order valence-electron chi connectivity index (χ3n) is 14.0. The van der Waals surface area contributed by atoms with Crippen molar-refractivity contribution in [2.75, 3.05) is 40.9 Å². The van der Waals surface area contributed by atoms with E-state index in [0.29, 0.717) is 31.4 Å². The minimum atomic E-state index is -1.18. The molecule has 2 saturated heterocycles. The fraction of sp³-hybridized carbons (Fsp3) is 0.577. The molecule has 6 atom stereocenters. The zero-order valence-corrected chi connectivity index (χ0v) is 41.8. The molecule has 0 radical (unpaired) electrons. The van der Waals surface area contributed by atoms with Gasteiger partial charge in [-0.25, -0.2) is 5.43 Å². The van der Waals surface area contributed by atoms with Crippen LogP contribution < -0.4 is 16.1 Å². The molecule has 4 aliphatic rings. The second-order valence-corrected chi connectivity index (χ2v) is 20.6. The van der Waals surface area contributed by atoms with Gasteiger partial charge in [0.15, 0.2) is 0 Å². The molecule has 4 N–H and O–H groups in total. The van der Waals surface area contributed by atoms with E-state index in [1.165, 1.54) is 21.9 Å². The number of likely N-dealkylation sites (N-methyl/N-ethyl adjacent to an activating group) is 2. The average molecular weight is 937 g/mol. The van der Waals surface area contributed by atoms with Crippen molar-refractivity contribution in [1.29, 1.82) is 0 Å². The van der Waals surface area contributed by atoms with Crippen molar-refractivity contribution in [1.82, 2.24) is 35.4 Å². The Balaban J connectivity index is 1.28. The molecule has 16 heteroatoms. The number of aromatic hydroxyl groups is 1. The van der Waals surface area contributed by atoms with Gasteiger partial charge < -0.3 is 34.3 Å². The number of carbonyl (C=O) groups is 5. The van der Waals surface area contributed by atoms with Crippen molar-refractivity contribution in [2.24, 2.45) is 22.2 Å². The van der Waals surface area contributed by atoms with Crippen LogP contribution in [0.1, 0.15) is 97.9 Å². The summed E-state index contributed by atoms with van der Waals surface area (Å²) in [7, 11) is 4.81. The van der Waals surface area contributed by atoms with Crippen LogP contribution >= 0.6 is 0 Å². The molecule has 68 heavy (non-hydrogen) atoms. The molecule has 4 amide bonds. The number of rotatable bonds is 12. The lowest BCUT2D eigenvalue weighted by molar-refractivity contribution is -0.155. The summed E-state index contributed by atoms with van der Waals surface area (Å²) in [4.78, 5) is 77.7. The largest absolute Gasteiger partial charge is 0.508 e. The number of aliphatic imine (C=N–C) groups is 1. The summed E-state index contributed by atoms with van der Waals surface area (Å²) in [6.45, 7) is 16.9. The predicted octanol–water partition coefficient (Wildman–Crippen LogP) is 5.23. The van der Waals surface area contributed by atoms with Gasteiger partial charge in [-0.15, -0.1) is 0 Å². The second-order valence-electron chi connectivity index (χ2n) is 20.6. The van der Waals surface area contributed by atoms with E-state index >= 15 is 0 Å². The van der Waals surface area contributed by atoms with E-state index in [2.05, 4.69) is 53.5 Å². The van der Waals surface area contributed by atoms with Crippen LogP contribution in [0.3, 0.4) is 0 Å². The van der Waals surface area contributed by atoms with Gasteiger partial charge in [-0.1, -0.05) is 53.7 Å². The number of cyclic esters (lactones) is 1. The van der Waals surface area contributed by atoms with Gasteiger partial charge in [0.05, 0.1) is 30.6 Å². The smallest absolute Gasteiger partial charge is 0.324 e. The fourth-order valence-corrected chi connectivity index (χ4v) is 10.3. The minimum Gasteiger partial charge on any atom is -0.508 e. The van der Waals surface area contributed by atoms with Crippen LogP contribution in [0.5, 0.6) is 5.75 Å². The number of methoxy groups -OCH3 is 1. The first-order valence-electron chi connectivity index (χ1n) is 24.3. The van der Waals surface area contributed by atoms with Gasteiger partial charge in [0.25, 0.3) is 5.91 Å². The topological polar surface area (TPSA) is 197 Å². The molecule has 6 bridgehead atoms. The molecule has 368 valence electrons. The number of nitrogens with zero attached hydrogens (tertiary/aromatic N) is 5. The lowest BCUT2D eigenvalue weighted by Gasteiger charge is -2.37. The Morgan fingerprint density at radius 1 is 1.06 bits per heavy atom. The highest BCUT2D eigenvalue weighted by Gasteiger charge is 2.46. The normalized spacial score (nSPS) is 22.8. The number of benzene rings is 2. The monoisotopic (exact) mass is 937 g/mol. The molecule has 1 aromatic heterocycles. The number of fused-ring (bicyclic) bond motifs is 6. The number of carbonyl (C=O) groups excluding carboxylic acids is 5. The van der Waals surface area contributed by atoms with Gasteiger partial charge in [-0.2, -0.15) is 0 Å². The lowest BCUT2D eigenvalue weighted by Crippen LogP contribution is -2.62. The first-order chi connectivity index (χ1) is 32.2. The van der Waals surface area contributed by atoms with Crippen molar-refractivity contribution in [2.45, 2.75) is 137 Å². The third-order valence-corrected chi connectivity index (χ3v) is 14.0. The molecule has 2 fully saturated rings. The highest BCUT2D eigenvalue weighted by molar-refractivity contribution is 5.96. The van der Waals surface area contributed by atoms with Gasteiger partial charge in [-0.3, -0.25) is 39.3 Å². The van der Waals surface area contributed by atoms with Crippen LogP contribution in [0, 0.1) is 17.3 Å². The first-order valence-corrected chi connectivity index (χ1v) is 24.3. The van der Waals surface area contributed by atoms with Gasteiger partial charge in [-0.05, 0) is 104 Å². The second kappa shape index (κ2) is 20.6. The summed E-state index contributed by atoms with van der Waals surface area (Å²) < 4.78 is 14.3. The summed E-state index contributed by atoms with van der Waals surface area (Å²) in [5, 5.41) is 19.9. The maximum absolute atomic E-state index is 14.7. The number of amides is 4. The highest BCUT2D eigenvalue weighted by atomic mass is 16.5. The third kappa shape index (κ3) is 10.7. The first kappa shape index (κ1) is 50.3. The number of esters is 1. The molecule has 0 unspecified atom stereocenters. The van der Waals surface area contributed by atoms with E-state index < -0.39 is 47.2 Å². The number of aromatic nitrogens is 1. The Bertz CT molecular complexity index is 2490. The van der Waals surface area contributed by atoms with Gasteiger partial charge >= 0.3 is 5.97 Å². The van der Waals surface area contributed by atoms with E-state index in [4.69, 9.17) is 14.5 Å². The minimum absolute atomic E-state index is 0.00908. The van der Waals surface area contributed by atoms with Crippen molar-refractivity contribution < 1.29 is 38.6 Å². The molecular weight excluding hydrogens is 865 g/mol. The summed E-state index contributed by atoms with van der Waals surface area (Å²) >= 11 is 0. The number of allylic oxidation sites excluding steroid dienone is 1. The Hall–Kier alpha value is -5.58. The summed E-state index contributed by atoms with van der Waals surface area (Å²) in [6.07, 6.45) is 4.80. The Kier molecular flexibility index (Phi) is 15.2. The average Bonchev–Trinajstić information content (AvgIpc) is 4.06. The van der Waals surface area contributed by atoms with E-state index in [9.17, 15) is 29.1 Å². The summed E-state index contributed by atoms with van der Waals surface area (Å²) in [6, 6.07) is 8.22. The molecule has 0 aliphatic carbocycles. The van der Waals surface area contributed by atoms with Crippen LogP contribution in [0.4, 0.5) is 0 Å². The van der Waals surface area contributed by atoms with Crippen LogP contribution in [0.15, 0.2) is 47.1 Å². The molecule has 0 spiro atoms. The van der Waals surface area contributed by atoms with Gasteiger partial charge in [0, 0.05) is 74.9 Å². The number of hydrazine groups is 1. The summed E-state index contributed by atoms with van der Waals surface area (Å²) in [5.74, 6) is -2.25. The molecule has 4 aliphatic heterocycles. The van der Waals surface area contributed by atoms with Crippen LogP contribution in [0.25, 0.3) is 27.6 Å². The maximum atomic E-state index is 14.7. The lowest BCUT2D eigenvalue weighted by atomic mass is 9.83. The molecule has 3 aromatic rings. The number of hydrogen-bond acceptors (Lipinski definition) is 11. The molecule has 2 aromatic carbocycles. The van der Waals surface area contributed by atoms with E-state index in [1.54, 1.807) is 26.3 Å². The number of hydrogen-bond donors (Lipinski definition) is 4. The Morgan fingerprint density at radius 2 is 1.81 bits per heavy atom. The van der Waals surface area contributed by atoms with E-state index in [-0.39, 0.29) is 67.8 Å². The van der Waals surface area contributed by atoms with Crippen molar-refractivity contribution in [3.63, 3.8) is 0 Å². The number of ether oxygens (including phenoxy) is 2. The number of phenols is 1. The Labute approximate surface area is 400 Å². The quantitative estimate of drug-likeness (QED) is 0.138. The van der Waals surface area contributed by atoms with Crippen molar-refractivity contribution in [3.8, 4) is 16.9 Å². The zero-order valence-electron chi connectivity index (χ0n) is 41.8. The molecule has 5 heterocycles. The van der Waals surface area contributed by atoms with Crippen molar-refractivity contribution >= 4 is 52.3 Å². The number of nitrogens with one attached hydrogen (secondary N) is 3. The predicted molar refractivity (Wildman–Crippen MR) is 262 cm³/mol. The molecule has 7 rings (SSSR count). The summed E-state index contributed by atoms with van der Waals surface area (Å²) in [5.41, 5.74) is 10.0. The number of phenolic OH excluding ortho intramolecular Hbond substituents is 1. The standard InChI is InChI=1S/C52H72N8O8/c1-12-59-41-18-17-33-25-37(41)38(47(59)36-15-13-19-53-44(36)31(6)67-11)26-52(7,8)28-68-51(66)39-16-14-20-60(56-39)49(64)40(23-32-21-34(33)24-35(61)22-32)54-48(63)46(30(4)5)58(10)42(62)27-57(9)50(65)45-43(55-45)29(2)3/h17-19,21-22,24-25,29-31,39-40,43,45-46,55-56,61H,12-16,20,23,26-28H2,1-11H3,(H,54,63)/t31-,39-,40-,43+,45+,46-/m0/s1. The SMILES string of the molecule is CCn1c(C2=C([C@H](C)OC)N=CCC2)c2c3cc(ccc31)-c1cc(O)cc(c1)C[C@H](NC(=O)[C@H](C(C)C)N(C)C(=O)CN(C)C(=O)[C@@H]1N[C@@H]1C(C)C)C(=O)N1CCC[C@H](N1)C(=O)OCC(C)(C)C2. The van der Waals surface area contributed by atoms with Crippen LogP contribution in [-0.2, 0) is 52.8 Å². The van der Waals surface area contributed by atoms with Gasteiger partial charge in [0.2, 0.25) is 17.7 Å². The maximum Gasteiger partial charge on any atom is 0.324 e. The Morgan fingerprint density at radius 3 is 2.49 bits per heavy atom.